The molecule has 0 bridgehead atoms. The lowest BCUT2D eigenvalue weighted by Crippen LogP contribution is -2.43. The molecule has 6 nitrogen and oxygen atoms in total. The molecule has 1 N–H and O–H groups in total. The molecular weight excluding hydrogens is 559 g/mol. The van der Waals surface area contributed by atoms with Gasteiger partial charge in [-0.1, -0.05) is 37.3 Å². The van der Waals surface area contributed by atoms with Crippen molar-refractivity contribution in [3.05, 3.63) is 101 Å². The van der Waals surface area contributed by atoms with Gasteiger partial charge in [-0.15, -0.1) is 8.58 Å². The van der Waals surface area contributed by atoms with E-state index in [1.807, 2.05) is 0 Å². The second kappa shape index (κ2) is 12.6. The first kappa shape index (κ1) is 29.9. The van der Waals surface area contributed by atoms with E-state index in [2.05, 4.69) is 10.1 Å². The molecule has 0 aliphatic carbocycles. The lowest BCUT2D eigenvalue weighted by Gasteiger charge is -2.38. The monoisotopic (exact) mass is 585 g/mol. The first-order chi connectivity index (χ1) is 19.0. The molecule has 1 unspecified atom stereocenters. The molecule has 2 aromatic carbocycles. The summed E-state index contributed by atoms with van der Waals surface area (Å²) in [6.07, 6.45) is 3.23. The van der Waals surface area contributed by atoms with Gasteiger partial charge in [0.05, 0.1) is 25.3 Å². The van der Waals surface area contributed by atoms with E-state index >= 15 is 0 Å². The van der Waals surface area contributed by atoms with Gasteiger partial charge in [0.1, 0.15) is 35.7 Å². The van der Waals surface area contributed by atoms with Gasteiger partial charge in [0.2, 0.25) is 0 Å². The highest BCUT2D eigenvalue weighted by molar-refractivity contribution is 7.40. The number of hydrogen-bond acceptors (Lipinski definition) is 5. The van der Waals surface area contributed by atoms with Crippen LogP contribution in [0.5, 0.6) is 0 Å². The fourth-order valence-electron chi connectivity index (χ4n) is 4.23. The molecule has 0 spiro atoms. The maximum absolute atomic E-state index is 14.7. The van der Waals surface area contributed by atoms with Crippen molar-refractivity contribution in [2.75, 3.05) is 13.2 Å². The molecule has 3 atom stereocenters. The highest BCUT2D eigenvalue weighted by atomic mass is 31.1. The van der Waals surface area contributed by atoms with Crippen LogP contribution in [0, 0.1) is 17.5 Å². The summed E-state index contributed by atoms with van der Waals surface area (Å²) in [7, 11) is 0.0716. The molecule has 1 aliphatic heterocycles. The van der Waals surface area contributed by atoms with E-state index in [0.717, 1.165) is 24.3 Å². The van der Waals surface area contributed by atoms with Crippen molar-refractivity contribution < 1.29 is 40.9 Å². The van der Waals surface area contributed by atoms with Crippen LogP contribution in [0.1, 0.15) is 23.6 Å². The number of aliphatic hydroxyl groups is 1. The van der Waals surface area contributed by atoms with Crippen molar-refractivity contribution in [2.24, 2.45) is 0 Å². The molecular formula is C27H26F6N3O3P. The molecule has 0 saturated carbocycles. The molecule has 1 aromatic heterocycles. The Labute approximate surface area is 228 Å². The van der Waals surface area contributed by atoms with E-state index in [0.29, 0.717) is 6.07 Å². The molecule has 1 fully saturated rings. The Kier molecular flexibility index (Phi) is 9.45. The summed E-state index contributed by atoms with van der Waals surface area (Å²) in [5.41, 5.74) is -3.47. The molecule has 3 aromatic rings. The number of allylic oxidation sites excluding steroid dienone is 2. The minimum atomic E-state index is -4.62. The highest BCUT2D eigenvalue weighted by Crippen LogP contribution is 2.42. The number of benzene rings is 2. The first-order valence-corrected chi connectivity index (χ1v) is 13.3. The van der Waals surface area contributed by atoms with Gasteiger partial charge >= 0.3 is 6.18 Å². The normalized spacial score (nSPS) is 21.0. The molecule has 4 rings (SSSR count). The van der Waals surface area contributed by atoms with E-state index in [-0.39, 0.29) is 45.1 Å². The van der Waals surface area contributed by atoms with E-state index in [1.165, 1.54) is 41.6 Å². The molecule has 1 saturated heterocycles. The third-order valence-electron chi connectivity index (χ3n) is 6.38. The Balaban J connectivity index is 1.35. The number of nitrogens with zero attached hydrogens (tertiary/aromatic N) is 3. The van der Waals surface area contributed by atoms with Crippen LogP contribution in [-0.2, 0) is 27.8 Å². The van der Waals surface area contributed by atoms with Gasteiger partial charge in [-0.2, -0.15) is 18.3 Å². The van der Waals surface area contributed by atoms with E-state index in [9.17, 15) is 31.4 Å². The molecule has 13 heteroatoms. The van der Waals surface area contributed by atoms with Crippen LogP contribution in [0.25, 0.3) is 6.08 Å². The van der Waals surface area contributed by atoms with Crippen LogP contribution in [-0.4, -0.2) is 50.7 Å². The van der Waals surface area contributed by atoms with Crippen molar-refractivity contribution in [3.8, 4) is 0 Å². The summed E-state index contributed by atoms with van der Waals surface area (Å²) in [5, 5.41) is 15.7. The number of halogens is 6. The third kappa shape index (κ3) is 7.37. The Hall–Kier alpha value is -3.05. The highest BCUT2D eigenvalue weighted by Gasteiger charge is 2.40. The Morgan fingerprint density at radius 2 is 1.82 bits per heavy atom. The van der Waals surface area contributed by atoms with Crippen LogP contribution in [0.2, 0.25) is 0 Å². The van der Waals surface area contributed by atoms with Crippen LogP contribution >= 0.6 is 8.58 Å². The maximum Gasteiger partial charge on any atom is 0.416 e. The average Bonchev–Trinajstić information content (AvgIpc) is 3.40. The molecule has 1 aliphatic rings. The van der Waals surface area contributed by atoms with E-state index in [4.69, 9.17) is 9.47 Å². The van der Waals surface area contributed by atoms with Gasteiger partial charge in [-0.3, -0.25) is 0 Å². The molecule has 0 radical (unpaired) electrons. The van der Waals surface area contributed by atoms with Crippen molar-refractivity contribution in [2.45, 2.75) is 42.9 Å². The summed E-state index contributed by atoms with van der Waals surface area (Å²) in [5.74, 6) is -2.62. The summed E-state index contributed by atoms with van der Waals surface area (Å²) in [6.45, 7) is 2.21. The van der Waals surface area contributed by atoms with Gasteiger partial charge in [-0.25, -0.2) is 22.8 Å². The fourth-order valence-corrected chi connectivity index (χ4v) is 5.84. The fraction of sp³-hybridized carbons (Fsp3) is 0.333. The standard InChI is InChI=1S/C27H26F6N3O3P/c1-17(26(37,14-36-16-34-15-35-36)22-9-8-20(28)11-24(22)30)40-21-12-38-25(39-13-21)5-3-2-4-18-6-7-19(10-23(18)29)27(31,32)33/h2-11,15-17,21,25,37,40H,12-14H2,1H3/b4-2+,5-3+/t17-,21?,25?,26-/m1/s1. The van der Waals surface area contributed by atoms with Crippen molar-refractivity contribution in [3.63, 3.8) is 0 Å². The zero-order valence-corrected chi connectivity index (χ0v) is 22.2. The topological polar surface area (TPSA) is 69.4 Å². The number of ether oxygens (including phenoxy) is 2. The summed E-state index contributed by atoms with van der Waals surface area (Å²) >= 11 is 0. The minimum absolute atomic E-state index is 0.00523. The van der Waals surface area contributed by atoms with Crippen molar-refractivity contribution in [1.29, 1.82) is 0 Å². The summed E-state index contributed by atoms with van der Waals surface area (Å²) < 4.78 is 93.1. The number of alkyl halides is 3. The smallest absolute Gasteiger partial charge is 0.382 e. The lowest BCUT2D eigenvalue weighted by molar-refractivity contribution is -0.147. The van der Waals surface area contributed by atoms with Gasteiger partial charge < -0.3 is 14.6 Å². The quantitative estimate of drug-likeness (QED) is 0.199. The molecule has 2 heterocycles. The van der Waals surface area contributed by atoms with Crippen LogP contribution in [0.4, 0.5) is 26.3 Å². The summed E-state index contributed by atoms with van der Waals surface area (Å²) in [6, 6.07) is 5.33. The second-order valence-corrected chi connectivity index (χ2v) is 11.3. The number of aromatic nitrogens is 3. The van der Waals surface area contributed by atoms with Crippen LogP contribution < -0.4 is 0 Å². The van der Waals surface area contributed by atoms with Crippen LogP contribution in [0.15, 0.2) is 67.3 Å². The largest absolute Gasteiger partial charge is 0.416 e. The second-order valence-electron chi connectivity index (χ2n) is 9.24. The summed E-state index contributed by atoms with van der Waals surface area (Å²) in [4.78, 5) is 3.86. The molecule has 40 heavy (non-hydrogen) atoms. The zero-order chi connectivity index (χ0) is 28.9. The van der Waals surface area contributed by atoms with Crippen LogP contribution in [0.3, 0.4) is 0 Å². The predicted molar refractivity (Wildman–Crippen MR) is 137 cm³/mol. The third-order valence-corrected chi connectivity index (χ3v) is 8.16. The Morgan fingerprint density at radius 3 is 2.45 bits per heavy atom. The van der Waals surface area contributed by atoms with Crippen molar-refractivity contribution >= 4 is 14.7 Å². The van der Waals surface area contributed by atoms with Crippen molar-refractivity contribution in [1.82, 2.24) is 14.8 Å². The predicted octanol–water partition coefficient (Wildman–Crippen LogP) is 5.68. The lowest BCUT2D eigenvalue weighted by atomic mass is 9.90. The van der Waals surface area contributed by atoms with E-state index in [1.54, 1.807) is 13.0 Å². The van der Waals surface area contributed by atoms with Gasteiger partial charge in [-0.05, 0) is 24.3 Å². The zero-order valence-electron chi connectivity index (χ0n) is 21.2. The Bertz CT molecular complexity index is 1340. The van der Waals surface area contributed by atoms with Gasteiger partial charge in [0, 0.05) is 28.5 Å². The first-order valence-electron chi connectivity index (χ1n) is 12.2. The van der Waals surface area contributed by atoms with Gasteiger partial charge in [0.25, 0.3) is 0 Å². The number of rotatable bonds is 9. The molecule has 214 valence electrons. The minimum Gasteiger partial charge on any atom is -0.382 e. The maximum atomic E-state index is 14.7. The number of hydrogen-bond donors (Lipinski definition) is 1. The van der Waals surface area contributed by atoms with E-state index < -0.39 is 46.7 Å². The van der Waals surface area contributed by atoms with Gasteiger partial charge in [0.15, 0.2) is 6.29 Å². The average molecular weight is 585 g/mol. The molecule has 0 amide bonds. The Morgan fingerprint density at radius 1 is 1.07 bits per heavy atom. The SMILES string of the molecule is C[C@@H](PC1COC(/C=C/C=C/c2ccc(C(F)(F)F)cc2F)OC1)[C@](O)(Cn1cncn1)c1ccc(F)cc1F.